The molecule has 0 aliphatic carbocycles. The normalized spacial score (nSPS) is 12.2. The maximum atomic E-state index is 13.6. The van der Waals surface area contributed by atoms with Gasteiger partial charge in [-0.15, -0.1) is 0 Å². The Morgan fingerprint density at radius 3 is 2.24 bits per heavy atom. The van der Waals surface area contributed by atoms with Crippen LogP contribution in [0.1, 0.15) is 31.9 Å². The van der Waals surface area contributed by atoms with Crippen LogP contribution in [0, 0.1) is 6.92 Å². The number of hydrogen-bond acceptors (Lipinski definition) is 5. The lowest BCUT2D eigenvalue weighted by Crippen LogP contribution is -2.52. The number of nitrogens with zero attached hydrogens (tertiary/aromatic N) is 2. The molecule has 2 rings (SSSR count). The van der Waals surface area contributed by atoms with Gasteiger partial charge in [0.1, 0.15) is 18.3 Å². The van der Waals surface area contributed by atoms with Gasteiger partial charge in [0.15, 0.2) is 0 Å². The summed E-state index contributed by atoms with van der Waals surface area (Å²) in [5, 5.41) is 2.82. The maximum absolute atomic E-state index is 13.6. The summed E-state index contributed by atoms with van der Waals surface area (Å²) in [6.07, 6.45) is 1.04. The molecule has 1 N–H and O–H groups in total. The van der Waals surface area contributed by atoms with E-state index in [4.69, 9.17) is 4.74 Å². The molecule has 0 heterocycles. The van der Waals surface area contributed by atoms with Gasteiger partial charge < -0.3 is 15.0 Å². The summed E-state index contributed by atoms with van der Waals surface area (Å²) in [4.78, 5) is 27.7. The zero-order valence-electron chi connectivity index (χ0n) is 20.3. The number of hydrogen-bond donors (Lipinski definition) is 1. The van der Waals surface area contributed by atoms with Crippen LogP contribution in [0.3, 0.4) is 0 Å². The summed E-state index contributed by atoms with van der Waals surface area (Å²) in [6, 6.07) is 11.6. The number of rotatable bonds is 10. The second-order valence-corrected chi connectivity index (χ2v) is 11.3. The van der Waals surface area contributed by atoms with Crippen molar-refractivity contribution in [1.82, 2.24) is 10.2 Å². The predicted octanol–water partition coefficient (Wildman–Crippen LogP) is 3.47. The molecule has 0 unspecified atom stereocenters. The first-order valence-corrected chi connectivity index (χ1v) is 13.4. The van der Waals surface area contributed by atoms with Gasteiger partial charge >= 0.3 is 0 Å². The summed E-state index contributed by atoms with van der Waals surface area (Å²) >= 11 is 3.39. The molecule has 0 aliphatic rings. The van der Waals surface area contributed by atoms with Crippen molar-refractivity contribution in [2.24, 2.45) is 0 Å². The van der Waals surface area contributed by atoms with Gasteiger partial charge in [-0.05, 0) is 63.1 Å². The van der Waals surface area contributed by atoms with Crippen molar-refractivity contribution < 1.29 is 22.7 Å². The van der Waals surface area contributed by atoms with Crippen molar-refractivity contribution in [2.45, 2.75) is 46.3 Å². The maximum Gasteiger partial charge on any atom is 0.244 e. The number of amides is 2. The number of ether oxygens (including phenoxy) is 1. The average molecular weight is 555 g/mol. The Morgan fingerprint density at radius 2 is 1.71 bits per heavy atom. The van der Waals surface area contributed by atoms with E-state index in [1.807, 2.05) is 45.0 Å². The van der Waals surface area contributed by atoms with E-state index in [0.717, 1.165) is 26.2 Å². The minimum atomic E-state index is -3.84. The van der Waals surface area contributed by atoms with E-state index >= 15 is 0 Å². The summed E-state index contributed by atoms with van der Waals surface area (Å²) in [5.41, 5.74) is 1.88. The average Bonchev–Trinajstić information content (AvgIpc) is 2.75. The van der Waals surface area contributed by atoms with Gasteiger partial charge in [0.2, 0.25) is 21.8 Å². The minimum absolute atomic E-state index is 0.108. The molecular formula is C24H32BrN3O5S. The zero-order chi connectivity index (χ0) is 25.6. The highest BCUT2D eigenvalue weighted by Crippen LogP contribution is 2.31. The zero-order valence-corrected chi connectivity index (χ0v) is 22.7. The number of methoxy groups -OCH3 is 1. The number of aryl methyl sites for hydroxylation is 1. The molecule has 186 valence electrons. The fourth-order valence-corrected chi connectivity index (χ4v) is 4.47. The molecule has 1 atom stereocenters. The van der Waals surface area contributed by atoms with Crippen molar-refractivity contribution in [1.29, 1.82) is 0 Å². The van der Waals surface area contributed by atoms with Crippen LogP contribution in [0.15, 0.2) is 46.9 Å². The fourth-order valence-electron chi connectivity index (χ4n) is 3.36. The van der Waals surface area contributed by atoms with Crippen molar-refractivity contribution >= 4 is 43.5 Å². The second-order valence-electron chi connectivity index (χ2n) is 8.43. The lowest BCUT2D eigenvalue weighted by atomic mass is 10.1. The van der Waals surface area contributed by atoms with E-state index in [-0.39, 0.29) is 24.2 Å². The van der Waals surface area contributed by atoms with Gasteiger partial charge in [-0.1, -0.05) is 34.1 Å². The highest BCUT2D eigenvalue weighted by Gasteiger charge is 2.31. The van der Waals surface area contributed by atoms with Crippen molar-refractivity contribution in [3.8, 4) is 5.75 Å². The highest BCUT2D eigenvalue weighted by molar-refractivity contribution is 9.10. The SMILES string of the molecule is COc1ccc(C)cc1N(CC(=O)N(Cc1ccc(Br)cc1)[C@H](C)C(=O)NC(C)C)S(C)(=O)=O. The second kappa shape index (κ2) is 11.7. The molecule has 10 heteroatoms. The first-order chi connectivity index (χ1) is 15.8. The van der Waals surface area contributed by atoms with E-state index in [0.29, 0.717) is 5.75 Å². The summed E-state index contributed by atoms with van der Waals surface area (Å²) < 4.78 is 32.7. The first-order valence-electron chi connectivity index (χ1n) is 10.8. The van der Waals surface area contributed by atoms with E-state index in [1.54, 1.807) is 25.1 Å². The first kappa shape index (κ1) is 27.7. The van der Waals surface area contributed by atoms with Crippen LogP contribution in [0.2, 0.25) is 0 Å². The van der Waals surface area contributed by atoms with Gasteiger partial charge in [0.25, 0.3) is 0 Å². The molecule has 0 saturated carbocycles. The molecule has 0 fully saturated rings. The molecule has 0 radical (unpaired) electrons. The van der Waals surface area contributed by atoms with Gasteiger partial charge in [0.05, 0.1) is 19.1 Å². The van der Waals surface area contributed by atoms with Crippen LogP contribution in [0.25, 0.3) is 0 Å². The topological polar surface area (TPSA) is 96.0 Å². The summed E-state index contributed by atoms with van der Waals surface area (Å²) in [7, 11) is -2.40. The third-order valence-corrected chi connectivity index (χ3v) is 6.80. The molecule has 2 aromatic carbocycles. The van der Waals surface area contributed by atoms with Crippen molar-refractivity contribution in [2.75, 3.05) is 24.2 Å². The third kappa shape index (κ3) is 7.46. The Hall–Kier alpha value is -2.59. The van der Waals surface area contributed by atoms with Crippen LogP contribution in [0.4, 0.5) is 5.69 Å². The molecule has 2 amide bonds. The molecule has 0 aromatic heterocycles. The van der Waals surface area contributed by atoms with Crippen molar-refractivity contribution in [3.05, 3.63) is 58.1 Å². The van der Waals surface area contributed by atoms with E-state index in [2.05, 4.69) is 21.2 Å². The number of benzene rings is 2. The van der Waals surface area contributed by atoms with Crippen LogP contribution in [0.5, 0.6) is 5.75 Å². The van der Waals surface area contributed by atoms with Crippen LogP contribution < -0.4 is 14.4 Å². The Morgan fingerprint density at radius 1 is 1.09 bits per heavy atom. The van der Waals surface area contributed by atoms with E-state index < -0.39 is 28.5 Å². The fraction of sp³-hybridized carbons (Fsp3) is 0.417. The number of carbonyl (C=O) groups excluding carboxylic acids is 2. The molecule has 0 saturated heterocycles. The third-order valence-electron chi connectivity index (χ3n) is 5.15. The number of carbonyl (C=O) groups is 2. The quantitative estimate of drug-likeness (QED) is 0.486. The number of anilines is 1. The minimum Gasteiger partial charge on any atom is -0.495 e. The van der Waals surface area contributed by atoms with Crippen LogP contribution in [-0.4, -0.2) is 57.1 Å². The van der Waals surface area contributed by atoms with Gasteiger partial charge in [0, 0.05) is 17.1 Å². The predicted molar refractivity (Wildman–Crippen MR) is 137 cm³/mol. The van der Waals surface area contributed by atoms with Crippen LogP contribution >= 0.6 is 15.9 Å². The van der Waals surface area contributed by atoms with Gasteiger partial charge in [-0.25, -0.2) is 8.42 Å². The monoisotopic (exact) mass is 553 g/mol. The number of sulfonamides is 1. The molecule has 8 nitrogen and oxygen atoms in total. The molecule has 2 aromatic rings. The van der Waals surface area contributed by atoms with Crippen molar-refractivity contribution in [3.63, 3.8) is 0 Å². The summed E-state index contributed by atoms with van der Waals surface area (Å²) in [5.74, 6) is -0.503. The molecule has 0 aliphatic heterocycles. The Labute approximate surface area is 210 Å². The standard InChI is InChI=1S/C24H32BrN3O5S/c1-16(2)26-24(30)18(4)27(14-19-8-10-20(25)11-9-19)23(29)15-28(34(6,31)32)21-13-17(3)7-12-22(21)33-5/h7-13,16,18H,14-15H2,1-6H3,(H,26,30)/t18-/m1/s1. The molecule has 34 heavy (non-hydrogen) atoms. The molecule has 0 spiro atoms. The van der Waals surface area contributed by atoms with Crippen LogP contribution in [-0.2, 0) is 26.2 Å². The lowest BCUT2D eigenvalue weighted by Gasteiger charge is -2.32. The lowest BCUT2D eigenvalue weighted by molar-refractivity contribution is -0.139. The van der Waals surface area contributed by atoms with E-state index in [1.165, 1.54) is 12.0 Å². The number of nitrogens with one attached hydrogen (secondary N) is 1. The Bertz CT molecular complexity index is 1120. The summed E-state index contributed by atoms with van der Waals surface area (Å²) in [6.45, 7) is 6.79. The smallest absolute Gasteiger partial charge is 0.244 e. The molecule has 0 bridgehead atoms. The van der Waals surface area contributed by atoms with E-state index in [9.17, 15) is 18.0 Å². The Kier molecular flexibility index (Phi) is 9.52. The molecular weight excluding hydrogens is 522 g/mol. The van der Waals surface area contributed by atoms with Gasteiger partial charge in [-0.2, -0.15) is 0 Å². The number of halogens is 1. The highest BCUT2D eigenvalue weighted by atomic mass is 79.9. The largest absolute Gasteiger partial charge is 0.495 e. The Balaban J connectivity index is 2.45. The van der Waals surface area contributed by atoms with Gasteiger partial charge in [-0.3, -0.25) is 13.9 Å².